The van der Waals surface area contributed by atoms with Crippen molar-refractivity contribution in [3.8, 4) is 0 Å². The maximum atomic E-state index is 13.2. The number of fused-ring (bicyclic) bond motifs is 1. The Morgan fingerprint density at radius 3 is 2.52 bits per heavy atom. The zero-order valence-corrected chi connectivity index (χ0v) is 18.2. The summed E-state index contributed by atoms with van der Waals surface area (Å²) in [5, 5.41) is 12.6. The third-order valence-electron chi connectivity index (χ3n) is 5.07. The van der Waals surface area contributed by atoms with Crippen molar-refractivity contribution in [3.05, 3.63) is 51.6 Å². The first-order chi connectivity index (χ1) is 13.5. The van der Waals surface area contributed by atoms with E-state index in [-0.39, 0.29) is 29.5 Å². The van der Waals surface area contributed by atoms with Gasteiger partial charge in [-0.3, -0.25) is 14.3 Å². The Kier molecular flexibility index (Phi) is 5.34. The molecule has 1 N–H and O–H groups in total. The summed E-state index contributed by atoms with van der Waals surface area (Å²) >= 11 is 0. The number of hydrogen-bond donors (Lipinski definition) is 1. The van der Waals surface area contributed by atoms with Gasteiger partial charge < -0.3 is 5.32 Å². The summed E-state index contributed by atoms with van der Waals surface area (Å²) < 4.78 is 2.97. The average molecular weight is 396 g/mol. The van der Waals surface area contributed by atoms with E-state index >= 15 is 0 Å². The number of rotatable bonds is 4. The number of carbonyl (C=O) groups is 1. The molecule has 2 heterocycles. The predicted octanol–water partition coefficient (Wildman–Crippen LogP) is 3.73. The highest BCUT2D eigenvalue weighted by Crippen LogP contribution is 2.25. The lowest BCUT2D eigenvalue weighted by Crippen LogP contribution is -2.34. The Morgan fingerprint density at radius 2 is 1.90 bits per heavy atom. The number of nitrogens with zero attached hydrogens (tertiary/aromatic N) is 4. The Labute approximate surface area is 170 Å². The third kappa shape index (κ3) is 3.95. The minimum Gasteiger partial charge on any atom is -0.324 e. The Morgan fingerprint density at radius 1 is 1.21 bits per heavy atom. The molecule has 0 radical (unpaired) electrons. The standard InChI is InChI=1S/C22H29N5O2/c1-13(2)19-16-11-23-27(22(5,6)7)20(16)21(29)26(25-19)12-18(28)24-17-10-8-9-14(3)15(17)4/h8-11,13H,12H2,1-7H3,(H,24,28). The van der Waals surface area contributed by atoms with Crippen LogP contribution in [0.1, 0.15) is 57.4 Å². The number of hydrogen-bond acceptors (Lipinski definition) is 4. The molecule has 0 aliphatic rings. The molecule has 7 nitrogen and oxygen atoms in total. The quantitative estimate of drug-likeness (QED) is 0.730. The summed E-state index contributed by atoms with van der Waals surface area (Å²) in [6.45, 7) is 13.8. The first-order valence-electron chi connectivity index (χ1n) is 9.86. The predicted molar refractivity (Wildman–Crippen MR) is 115 cm³/mol. The second-order valence-corrected chi connectivity index (χ2v) is 8.79. The van der Waals surface area contributed by atoms with E-state index in [2.05, 4.69) is 15.5 Å². The largest absolute Gasteiger partial charge is 0.324 e. The van der Waals surface area contributed by atoms with Gasteiger partial charge >= 0.3 is 0 Å². The van der Waals surface area contributed by atoms with Crippen LogP contribution in [-0.4, -0.2) is 25.5 Å². The molecule has 29 heavy (non-hydrogen) atoms. The number of carbonyl (C=O) groups excluding carboxylic acids is 1. The van der Waals surface area contributed by atoms with Crippen LogP contribution in [0.5, 0.6) is 0 Å². The molecule has 1 amide bonds. The lowest BCUT2D eigenvalue weighted by atomic mass is 10.1. The van der Waals surface area contributed by atoms with Crippen molar-refractivity contribution in [1.29, 1.82) is 0 Å². The summed E-state index contributed by atoms with van der Waals surface area (Å²) in [4.78, 5) is 25.9. The van der Waals surface area contributed by atoms with Crippen LogP contribution in [0.2, 0.25) is 0 Å². The van der Waals surface area contributed by atoms with Gasteiger partial charge in [0.2, 0.25) is 5.91 Å². The highest BCUT2D eigenvalue weighted by atomic mass is 16.2. The molecular formula is C22H29N5O2. The summed E-state index contributed by atoms with van der Waals surface area (Å²) in [6.07, 6.45) is 1.70. The lowest BCUT2D eigenvalue weighted by Gasteiger charge is -2.21. The number of aryl methyl sites for hydroxylation is 1. The van der Waals surface area contributed by atoms with Gasteiger partial charge in [-0.25, -0.2) is 4.68 Å². The molecule has 3 aromatic rings. The summed E-state index contributed by atoms with van der Waals surface area (Å²) in [5.41, 5.74) is 3.40. The molecule has 0 aliphatic heterocycles. The molecule has 154 valence electrons. The monoisotopic (exact) mass is 395 g/mol. The van der Waals surface area contributed by atoms with E-state index in [0.717, 1.165) is 27.9 Å². The molecule has 0 fully saturated rings. The third-order valence-corrected chi connectivity index (χ3v) is 5.07. The van der Waals surface area contributed by atoms with Gasteiger partial charge in [-0.2, -0.15) is 10.2 Å². The van der Waals surface area contributed by atoms with Gasteiger partial charge in [-0.05, 0) is 57.7 Å². The first kappa shape index (κ1) is 20.8. The van der Waals surface area contributed by atoms with Crippen molar-refractivity contribution in [3.63, 3.8) is 0 Å². The van der Waals surface area contributed by atoms with Crippen LogP contribution in [0, 0.1) is 13.8 Å². The highest BCUT2D eigenvalue weighted by molar-refractivity contribution is 5.91. The molecule has 7 heteroatoms. The highest BCUT2D eigenvalue weighted by Gasteiger charge is 2.24. The van der Waals surface area contributed by atoms with E-state index in [0.29, 0.717) is 5.52 Å². The van der Waals surface area contributed by atoms with E-state index < -0.39 is 0 Å². The molecule has 0 bridgehead atoms. The maximum absolute atomic E-state index is 13.2. The van der Waals surface area contributed by atoms with Crippen LogP contribution in [0.25, 0.3) is 10.9 Å². The normalized spacial score (nSPS) is 12.0. The van der Waals surface area contributed by atoms with Crippen LogP contribution in [0.3, 0.4) is 0 Å². The van der Waals surface area contributed by atoms with Gasteiger partial charge in [-0.1, -0.05) is 26.0 Å². The zero-order valence-electron chi connectivity index (χ0n) is 18.2. The molecule has 0 saturated heterocycles. The topological polar surface area (TPSA) is 81.8 Å². The molecule has 2 aromatic heterocycles. The molecule has 3 rings (SSSR count). The fourth-order valence-corrected chi connectivity index (χ4v) is 3.35. The Hall–Kier alpha value is -2.96. The molecule has 0 atom stereocenters. The van der Waals surface area contributed by atoms with Crippen LogP contribution in [0.15, 0.2) is 29.2 Å². The van der Waals surface area contributed by atoms with Gasteiger partial charge in [0.1, 0.15) is 12.1 Å². The minimum absolute atomic E-state index is 0.0871. The van der Waals surface area contributed by atoms with Crippen LogP contribution < -0.4 is 10.9 Å². The van der Waals surface area contributed by atoms with E-state index in [1.807, 2.05) is 66.7 Å². The Bertz CT molecular complexity index is 1130. The van der Waals surface area contributed by atoms with E-state index in [1.165, 1.54) is 4.68 Å². The maximum Gasteiger partial charge on any atom is 0.293 e. The Balaban J connectivity index is 2.05. The molecule has 0 saturated carbocycles. The minimum atomic E-state index is -0.366. The molecule has 0 unspecified atom stereocenters. The van der Waals surface area contributed by atoms with Crippen LogP contribution in [-0.2, 0) is 16.9 Å². The summed E-state index contributed by atoms with van der Waals surface area (Å²) in [5.74, 6) is -0.201. The molecular weight excluding hydrogens is 366 g/mol. The van der Waals surface area contributed by atoms with Crippen molar-refractivity contribution in [2.45, 2.75) is 66.5 Å². The number of aromatic nitrogens is 4. The second-order valence-electron chi connectivity index (χ2n) is 8.79. The molecule has 0 aliphatic carbocycles. The van der Waals surface area contributed by atoms with Gasteiger partial charge in [0.25, 0.3) is 5.56 Å². The van der Waals surface area contributed by atoms with Crippen molar-refractivity contribution >= 4 is 22.5 Å². The molecule has 1 aromatic carbocycles. The van der Waals surface area contributed by atoms with Crippen molar-refractivity contribution < 1.29 is 4.79 Å². The van der Waals surface area contributed by atoms with Crippen molar-refractivity contribution in [1.82, 2.24) is 19.6 Å². The van der Waals surface area contributed by atoms with E-state index in [4.69, 9.17) is 0 Å². The van der Waals surface area contributed by atoms with E-state index in [1.54, 1.807) is 10.9 Å². The van der Waals surface area contributed by atoms with Crippen molar-refractivity contribution in [2.75, 3.05) is 5.32 Å². The van der Waals surface area contributed by atoms with Gasteiger partial charge in [0.15, 0.2) is 0 Å². The first-order valence-corrected chi connectivity index (χ1v) is 9.86. The molecule has 0 spiro atoms. The van der Waals surface area contributed by atoms with Crippen LogP contribution >= 0.6 is 0 Å². The number of nitrogens with one attached hydrogen (secondary N) is 1. The summed E-state index contributed by atoms with van der Waals surface area (Å²) in [7, 11) is 0. The van der Waals surface area contributed by atoms with Gasteiger partial charge in [0.05, 0.1) is 17.4 Å². The number of benzene rings is 1. The van der Waals surface area contributed by atoms with Crippen molar-refractivity contribution in [2.24, 2.45) is 0 Å². The van der Waals surface area contributed by atoms with Gasteiger partial charge in [-0.15, -0.1) is 0 Å². The number of amides is 1. The zero-order chi connectivity index (χ0) is 21.5. The summed E-state index contributed by atoms with van der Waals surface area (Å²) in [6, 6.07) is 5.74. The van der Waals surface area contributed by atoms with E-state index in [9.17, 15) is 9.59 Å². The second kappa shape index (κ2) is 7.46. The smallest absolute Gasteiger partial charge is 0.293 e. The SMILES string of the molecule is Cc1cccc(NC(=O)Cn2nc(C(C)C)c3cnn(C(C)(C)C)c3c2=O)c1C. The fraction of sp³-hybridized carbons (Fsp3) is 0.455. The lowest BCUT2D eigenvalue weighted by molar-refractivity contribution is -0.117. The fourth-order valence-electron chi connectivity index (χ4n) is 3.35. The van der Waals surface area contributed by atoms with Crippen LogP contribution in [0.4, 0.5) is 5.69 Å². The van der Waals surface area contributed by atoms with Gasteiger partial charge in [0, 0.05) is 11.1 Å². The average Bonchev–Trinajstić information content (AvgIpc) is 3.07. The number of anilines is 1.